The van der Waals surface area contributed by atoms with Crippen LogP contribution in [0, 0.1) is 11.8 Å². The van der Waals surface area contributed by atoms with Crippen LogP contribution in [0.4, 0.5) is 10.8 Å². The van der Waals surface area contributed by atoms with E-state index in [1.54, 1.807) is 6.92 Å². The Kier molecular flexibility index (Phi) is 8.61. The van der Waals surface area contributed by atoms with Crippen LogP contribution < -0.4 is 10.2 Å². The summed E-state index contributed by atoms with van der Waals surface area (Å²) in [5.41, 5.74) is 0.118. The fourth-order valence-electron chi connectivity index (χ4n) is 5.98. The fraction of sp³-hybridized carbons (Fsp3) is 0.630. The molecule has 0 saturated carbocycles. The number of aliphatic carboxylic acids is 1. The van der Waals surface area contributed by atoms with Crippen LogP contribution in [-0.4, -0.2) is 111 Å². The Hall–Kier alpha value is -3.79. The van der Waals surface area contributed by atoms with Crippen LogP contribution in [0.2, 0.25) is 0 Å². The molecule has 5 rings (SSSR count). The molecule has 0 spiro atoms. The van der Waals surface area contributed by atoms with Crippen molar-refractivity contribution in [2.45, 2.75) is 70.3 Å². The van der Waals surface area contributed by atoms with Crippen molar-refractivity contribution in [2.24, 2.45) is 11.8 Å². The average molecular weight is 622 g/mol. The molecular weight excluding hydrogens is 586 g/mol. The van der Waals surface area contributed by atoms with Crippen molar-refractivity contribution in [3.05, 3.63) is 22.6 Å². The van der Waals surface area contributed by atoms with Crippen LogP contribution in [-0.2, 0) is 23.9 Å². The van der Waals surface area contributed by atoms with E-state index < -0.39 is 42.3 Å². The van der Waals surface area contributed by atoms with Gasteiger partial charge in [-0.2, -0.15) is 4.98 Å². The number of piperidine rings is 1. The van der Waals surface area contributed by atoms with E-state index in [0.717, 1.165) is 0 Å². The summed E-state index contributed by atoms with van der Waals surface area (Å²) in [6.45, 7) is 7.86. The molecule has 5 heterocycles. The van der Waals surface area contributed by atoms with Gasteiger partial charge in [0.2, 0.25) is 12.2 Å². The summed E-state index contributed by atoms with van der Waals surface area (Å²) in [5.74, 6) is -3.28. The summed E-state index contributed by atoms with van der Waals surface area (Å²) < 4.78 is 15.5. The first-order valence-electron chi connectivity index (χ1n) is 14.1. The molecule has 0 aliphatic carbocycles. The maximum absolute atomic E-state index is 12.8. The molecule has 0 radical (unpaired) electrons. The number of ether oxygens (including phenoxy) is 2. The lowest BCUT2D eigenvalue weighted by Gasteiger charge is -2.46. The molecule has 0 aromatic carbocycles. The summed E-state index contributed by atoms with van der Waals surface area (Å²) >= 11 is 1.42. The highest BCUT2D eigenvalue weighted by atomic mass is 32.2. The third kappa shape index (κ3) is 6.02. The summed E-state index contributed by atoms with van der Waals surface area (Å²) in [7, 11) is 0. The number of oxazole rings is 1. The van der Waals surface area contributed by atoms with Gasteiger partial charge in [-0.1, -0.05) is 6.92 Å². The second kappa shape index (κ2) is 12.1. The summed E-state index contributed by atoms with van der Waals surface area (Å²) in [6.07, 6.45) is -0.139. The monoisotopic (exact) mass is 621 g/mol. The van der Waals surface area contributed by atoms with Gasteiger partial charge in [-0.3, -0.25) is 14.4 Å². The van der Waals surface area contributed by atoms with E-state index in [2.05, 4.69) is 10.3 Å². The molecule has 0 bridgehead atoms. The van der Waals surface area contributed by atoms with Crippen LogP contribution in [0.3, 0.4) is 0 Å². The van der Waals surface area contributed by atoms with Crippen LogP contribution in [0.5, 0.6) is 0 Å². The van der Waals surface area contributed by atoms with Gasteiger partial charge >= 0.3 is 18.0 Å². The molecule has 3 N–H and O–H groups in total. The zero-order valence-corrected chi connectivity index (χ0v) is 25.0. The number of aliphatic hydroxyl groups is 1. The number of rotatable bonds is 9. The van der Waals surface area contributed by atoms with Crippen molar-refractivity contribution < 1.29 is 48.1 Å². The number of nitrogens with one attached hydrogen (secondary N) is 1. The predicted molar refractivity (Wildman–Crippen MR) is 149 cm³/mol. The minimum absolute atomic E-state index is 0.00258. The van der Waals surface area contributed by atoms with Crippen molar-refractivity contribution >= 4 is 47.6 Å². The number of carbonyl (C=O) groups excluding carboxylic acids is 4. The average Bonchev–Trinajstić information content (AvgIpc) is 3.47. The van der Waals surface area contributed by atoms with Gasteiger partial charge in [0.1, 0.15) is 12.0 Å². The van der Waals surface area contributed by atoms with E-state index in [-0.39, 0.29) is 46.6 Å². The molecule has 3 amide bonds. The smallest absolute Gasteiger partial charge is 0.412 e. The number of hydrogen-bond donors (Lipinski definition) is 3. The maximum Gasteiger partial charge on any atom is 0.412 e. The highest BCUT2D eigenvalue weighted by Crippen LogP contribution is 2.52. The molecule has 43 heavy (non-hydrogen) atoms. The number of amides is 3. The van der Waals surface area contributed by atoms with E-state index in [9.17, 15) is 34.2 Å². The Morgan fingerprint density at radius 1 is 1.16 bits per heavy atom. The number of esters is 1. The number of β-lactam (4-membered cyclic amide) rings is 1. The van der Waals surface area contributed by atoms with Gasteiger partial charge in [-0.25, -0.2) is 9.59 Å². The number of thioether (sulfide) groups is 1. The fourth-order valence-corrected chi connectivity index (χ4v) is 7.50. The SMILES string of the molecule is CC(=O)OC(C)OC(=O)N1CCC(NC(=O)c2coc(N3CC(SC4=C(C(=O)O)N5C(=O)[C@H]([C@@H](C)O)[C@H]5[C@H]4C)C3)n2)CC1. The zero-order valence-electron chi connectivity index (χ0n) is 24.2. The van der Waals surface area contributed by atoms with Gasteiger partial charge < -0.3 is 44.1 Å². The van der Waals surface area contributed by atoms with E-state index >= 15 is 0 Å². The molecular formula is C27H35N5O10S. The van der Waals surface area contributed by atoms with Crippen LogP contribution in [0.25, 0.3) is 0 Å². The number of carboxylic acids is 1. The number of aromatic nitrogens is 1. The van der Waals surface area contributed by atoms with Gasteiger partial charge in [0.05, 0.1) is 18.1 Å². The molecule has 5 atom stereocenters. The van der Waals surface area contributed by atoms with Gasteiger partial charge in [-0.05, 0) is 19.8 Å². The lowest BCUT2D eigenvalue weighted by Crippen LogP contribution is -2.63. The van der Waals surface area contributed by atoms with E-state index in [4.69, 9.17) is 13.9 Å². The molecule has 4 aliphatic rings. The number of likely N-dealkylation sites (tertiary alicyclic amines) is 1. The maximum atomic E-state index is 12.8. The highest BCUT2D eigenvalue weighted by molar-refractivity contribution is 8.03. The van der Waals surface area contributed by atoms with Gasteiger partial charge in [0, 0.05) is 62.1 Å². The molecule has 3 fully saturated rings. The molecule has 1 unspecified atom stereocenters. The zero-order chi connectivity index (χ0) is 31.2. The normalized spacial score (nSPS) is 25.5. The Bertz CT molecular complexity index is 1330. The lowest BCUT2D eigenvalue weighted by atomic mass is 9.79. The third-order valence-electron chi connectivity index (χ3n) is 8.14. The Morgan fingerprint density at radius 3 is 2.44 bits per heavy atom. The van der Waals surface area contributed by atoms with E-state index in [0.29, 0.717) is 43.9 Å². The summed E-state index contributed by atoms with van der Waals surface area (Å²) in [6, 6.07) is -0.257. The first-order valence-corrected chi connectivity index (χ1v) is 15.0. The van der Waals surface area contributed by atoms with Crippen molar-refractivity contribution in [2.75, 3.05) is 31.1 Å². The predicted octanol–water partition coefficient (Wildman–Crippen LogP) is 0.990. The first kappa shape index (κ1) is 30.7. The number of carboxylic acid groups (broad SMARTS) is 1. The molecule has 1 aromatic heterocycles. The van der Waals surface area contributed by atoms with Crippen molar-refractivity contribution in [1.82, 2.24) is 20.1 Å². The topological polar surface area (TPSA) is 192 Å². The quantitative estimate of drug-likeness (QED) is 0.201. The molecule has 234 valence electrons. The van der Waals surface area contributed by atoms with E-state index in [1.807, 2.05) is 11.8 Å². The second-order valence-electron chi connectivity index (χ2n) is 11.2. The number of nitrogens with zero attached hydrogens (tertiary/aromatic N) is 4. The van der Waals surface area contributed by atoms with E-state index in [1.165, 1.54) is 41.7 Å². The standard InChI is InChI=1S/C27H35N5O10S/c1-12-20-19(13(2)33)24(36)32(20)21(25(37)38)22(12)43-17-9-31(10-17)26-29-18(11-40-26)23(35)28-16-5-7-30(8-6-16)27(39)42-15(4)41-14(3)34/h11-13,15-17,19-20,33H,5-10H2,1-4H3,(H,28,35)(H,37,38)/t12-,13-,15?,19-,20-/m1/s1. The van der Waals surface area contributed by atoms with Crippen molar-refractivity contribution in [3.63, 3.8) is 0 Å². The molecule has 1 aromatic rings. The number of carbonyl (C=O) groups is 5. The summed E-state index contributed by atoms with van der Waals surface area (Å²) in [4.78, 5) is 70.2. The van der Waals surface area contributed by atoms with Gasteiger partial charge in [0.25, 0.3) is 11.9 Å². The van der Waals surface area contributed by atoms with Crippen molar-refractivity contribution in [3.8, 4) is 0 Å². The number of fused-ring (bicyclic) bond motifs is 1. The molecule has 3 saturated heterocycles. The van der Waals surface area contributed by atoms with Crippen molar-refractivity contribution in [1.29, 1.82) is 0 Å². The minimum Gasteiger partial charge on any atom is -0.477 e. The highest BCUT2D eigenvalue weighted by Gasteiger charge is 2.60. The van der Waals surface area contributed by atoms with Crippen LogP contribution in [0.1, 0.15) is 51.0 Å². The van der Waals surface area contributed by atoms with Crippen LogP contribution >= 0.6 is 11.8 Å². The minimum atomic E-state index is -1.16. The Morgan fingerprint density at radius 2 is 1.84 bits per heavy atom. The number of aliphatic hydroxyl groups excluding tert-OH is 1. The Balaban J connectivity index is 1.09. The number of hydrogen-bond acceptors (Lipinski definition) is 12. The summed E-state index contributed by atoms with van der Waals surface area (Å²) in [5, 5.41) is 22.8. The Labute approximate surface area is 251 Å². The van der Waals surface area contributed by atoms with Crippen LogP contribution in [0.15, 0.2) is 21.3 Å². The van der Waals surface area contributed by atoms with Gasteiger partial charge in [-0.15, -0.1) is 11.8 Å². The first-order chi connectivity index (χ1) is 20.3. The second-order valence-corrected chi connectivity index (χ2v) is 12.6. The lowest BCUT2D eigenvalue weighted by molar-refractivity contribution is -0.164. The molecule has 4 aliphatic heterocycles. The third-order valence-corrected chi connectivity index (χ3v) is 9.59. The van der Waals surface area contributed by atoms with Gasteiger partial charge in [0.15, 0.2) is 5.69 Å². The molecule has 16 heteroatoms. The largest absolute Gasteiger partial charge is 0.477 e. The molecule has 15 nitrogen and oxygen atoms in total. The number of anilines is 1.